The summed E-state index contributed by atoms with van der Waals surface area (Å²) in [5.74, 6) is 0.135. The first kappa shape index (κ1) is 22.3. The van der Waals surface area contributed by atoms with E-state index in [0.717, 1.165) is 12.1 Å². The molecule has 0 aliphatic carbocycles. The fourth-order valence-electron chi connectivity index (χ4n) is 3.72. The second-order valence-electron chi connectivity index (χ2n) is 7.61. The van der Waals surface area contributed by atoms with Gasteiger partial charge in [-0.2, -0.15) is 13.2 Å². The Morgan fingerprint density at radius 1 is 1.00 bits per heavy atom. The fraction of sp³-hybridized carbons (Fsp3) is 0.364. The Morgan fingerprint density at radius 2 is 1.59 bits per heavy atom. The summed E-state index contributed by atoms with van der Waals surface area (Å²) in [7, 11) is 0. The fourth-order valence-corrected chi connectivity index (χ4v) is 3.92. The summed E-state index contributed by atoms with van der Waals surface area (Å²) in [6, 6.07) is 7.35. The number of hydrogen-bond acceptors (Lipinski definition) is 4. The van der Waals surface area contributed by atoms with Crippen molar-refractivity contribution in [1.82, 2.24) is 4.90 Å². The third-order valence-corrected chi connectivity index (χ3v) is 5.81. The molecule has 2 heterocycles. The van der Waals surface area contributed by atoms with Gasteiger partial charge in [0.05, 0.1) is 16.3 Å². The van der Waals surface area contributed by atoms with Crippen molar-refractivity contribution >= 4 is 29.1 Å². The SMILES string of the molecule is O=C(Nc1cc2c(cc1Cl)OCCO2)C1CCN(C(=O)c2ccc(C(F)(F)F)cc2)CC1. The van der Waals surface area contributed by atoms with Crippen LogP contribution in [-0.4, -0.2) is 43.0 Å². The highest BCUT2D eigenvalue weighted by Gasteiger charge is 2.31. The van der Waals surface area contributed by atoms with Gasteiger partial charge >= 0.3 is 6.18 Å². The average molecular weight is 469 g/mol. The van der Waals surface area contributed by atoms with E-state index in [0.29, 0.717) is 61.4 Å². The maximum atomic E-state index is 12.7. The van der Waals surface area contributed by atoms with Crippen molar-refractivity contribution in [2.24, 2.45) is 5.92 Å². The van der Waals surface area contributed by atoms with Crippen molar-refractivity contribution in [3.8, 4) is 11.5 Å². The highest BCUT2D eigenvalue weighted by molar-refractivity contribution is 6.34. The molecule has 0 aromatic heterocycles. The van der Waals surface area contributed by atoms with E-state index >= 15 is 0 Å². The van der Waals surface area contributed by atoms with Crippen LogP contribution in [0.2, 0.25) is 5.02 Å². The summed E-state index contributed by atoms with van der Waals surface area (Å²) in [4.78, 5) is 26.9. The molecule has 2 aromatic carbocycles. The molecule has 1 saturated heterocycles. The number of anilines is 1. The van der Waals surface area contributed by atoms with Crippen molar-refractivity contribution in [3.63, 3.8) is 0 Å². The van der Waals surface area contributed by atoms with E-state index in [1.54, 1.807) is 17.0 Å². The zero-order valence-electron chi connectivity index (χ0n) is 16.9. The summed E-state index contributed by atoms with van der Waals surface area (Å²) in [6.07, 6.45) is -3.59. The van der Waals surface area contributed by atoms with E-state index in [9.17, 15) is 22.8 Å². The number of hydrogen-bond donors (Lipinski definition) is 1. The molecule has 32 heavy (non-hydrogen) atoms. The molecule has 2 amide bonds. The van der Waals surface area contributed by atoms with Gasteiger partial charge in [-0.15, -0.1) is 0 Å². The molecule has 4 rings (SSSR count). The first-order valence-electron chi connectivity index (χ1n) is 10.1. The number of likely N-dealkylation sites (tertiary alicyclic amines) is 1. The number of nitrogens with one attached hydrogen (secondary N) is 1. The normalized spacial score (nSPS) is 16.6. The molecule has 0 bridgehead atoms. The molecule has 0 atom stereocenters. The Hall–Kier alpha value is -2.94. The van der Waals surface area contributed by atoms with E-state index in [1.165, 1.54) is 12.1 Å². The molecule has 6 nitrogen and oxygen atoms in total. The van der Waals surface area contributed by atoms with Crippen LogP contribution >= 0.6 is 11.6 Å². The van der Waals surface area contributed by atoms with E-state index in [-0.39, 0.29) is 23.3 Å². The second kappa shape index (κ2) is 8.90. The standard InChI is InChI=1S/C22H20ClF3N2O4/c23-16-11-18-19(32-10-9-31-18)12-17(16)27-20(29)13-5-7-28(8-6-13)21(30)14-1-3-15(4-2-14)22(24,25)26/h1-4,11-13H,5-10H2,(H,27,29). The smallest absolute Gasteiger partial charge is 0.416 e. The predicted octanol–water partition coefficient (Wildman–Crippen LogP) is 4.62. The van der Waals surface area contributed by atoms with Gasteiger partial charge in [0.1, 0.15) is 13.2 Å². The summed E-state index contributed by atoms with van der Waals surface area (Å²) >= 11 is 6.24. The molecular formula is C22H20ClF3N2O4. The minimum atomic E-state index is -4.45. The lowest BCUT2D eigenvalue weighted by Crippen LogP contribution is -2.41. The Bertz CT molecular complexity index is 1020. The summed E-state index contributed by atoms with van der Waals surface area (Å²) in [5.41, 5.74) is -0.199. The van der Waals surface area contributed by atoms with Gasteiger partial charge in [0.15, 0.2) is 11.5 Å². The molecular weight excluding hydrogens is 449 g/mol. The van der Waals surface area contributed by atoms with Crippen molar-refractivity contribution in [2.75, 3.05) is 31.6 Å². The van der Waals surface area contributed by atoms with Crippen LogP contribution in [0.5, 0.6) is 11.5 Å². The number of rotatable bonds is 3. The zero-order chi connectivity index (χ0) is 22.9. The molecule has 0 saturated carbocycles. The number of piperidine rings is 1. The highest BCUT2D eigenvalue weighted by Crippen LogP contribution is 2.38. The zero-order valence-corrected chi connectivity index (χ0v) is 17.6. The van der Waals surface area contributed by atoms with Gasteiger partial charge in [0.2, 0.25) is 5.91 Å². The summed E-state index contributed by atoms with van der Waals surface area (Å²) in [5, 5.41) is 3.14. The van der Waals surface area contributed by atoms with Gasteiger partial charge in [0.25, 0.3) is 5.91 Å². The van der Waals surface area contributed by atoms with E-state index < -0.39 is 11.7 Å². The first-order chi connectivity index (χ1) is 15.2. The number of amides is 2. The molecule has 2 aromatic rings. The molecule has 0 spiro atoms. The number of benzene rings is 2. The molecule has 0 unspecified atom stereocenters. The predicted molar refractivity (Wildman–Crippen MR) is 111 cm³/mol. The van der Waals surface area contributed by atoms with Gasteiger partial charge in [-0.25, -0.2) is 0 Å². The van der Waals surface area contributed by atoms with Crippen LogP contribution in [-0.2, 0) is 11.0 Å². The topological polar surface area (TPSA) is 67.9 Å². The number of carbonyl (C=O) groups is 2. The molecule has 0 radical (unpaired) electrons. The lowest BCUT2D eigenvalue weighted by atomic mass is 9.95. The highest BCUT2D eigenvalue weighted by atomic mass is 35.5. The van der Waals surface area contributed by atoms with Gasteiger partial charge in [-0.05, 0) is 37.1 Å². The molecule has 170 valence electrons. The van der Waals surface area contributed by atoms with Crippen molar-refractivity contribution in [3.05, 3.63) is 52.5 Å². The maximum Gasteiger partial charge on any atom is 0.416 e. The maximum absolute atomic E-state index is 12.7. The number of alkyl halides is 3. The largest absolute Gasteiger partial charge is 0.486 e. The summed E-state index contributed by atoms with van der Waals surface area (Å²) < 4.78 is 49.1. The quantitative estimate of drug-likeness (QED) is 0.713. The minimum absolute atomic E-state index is 0.184. The summed E-state index contributed by atoms with van der Waals surface area (Å²) in [6.45, 7) is 1.49. The van der Waals surface area contributed by atoms with Gasteiger partial charge < -0.3 is 19.7 Å². The molecule has 1 N–H and O–H groups in total. The number of carbonyl (C=O) groups excluding carboxylic acids is 2. The van der Waals surface area contributed by atoms with Crippen LogP contribution in [0, 0.1) is 5.92 Å². The minimum Gasteiger partial charge on any atom is -0.486 e. The molecule has 10 heteroatoms. The number of fused-ring (bicyclic) bond motifs is 1. The van der Waals surface area contributed by atoms with Crippen LogP contribution in [0.1, 0.15) is 28.8 Å². The van der Waals surface area contributed by atoms with Crippen LogP contribution in [0.15, 0.2) is 36.4 Å². The van der Waals surface area contributed by atoms with Crippen LogP contribution in [0.25, 0.3) is 0 Å². The van der Waals surface area contributed by atoms with Gasteiger partial charge in [0, 0.05) is 36.7 Å². The molecule has 2 aliphatic rings. The number of halogens is 4. The molecule has 1 fully saturated rings. The van der Waals surface area contributed by atoms with E-state index in [4.69, 9.17) is 21.1 Å². The Kier molecular flexibility index (Phi) is 6.19. The molecule has 2 aliphatic heterocycles. The Balaban J connectivity index is 1.34. The Morgan fingerprint density at radius 3 is 2.19 bits per heavy atom. The van der Waals surface area contributed by atoms with Crippen molar-refractivity contribution in [2.45, 2.75) is 19.0 Å². The van der Waals surface area contributed by atoms with Gasteiger partial charge in [-0.1, -0.05) is 11.6 Å². The van der Waals surface area contributed by atoms with E-state index in [2.05, 4.69) is 5.32 Å². The third-order valence-electron chi connectivity index (χ3n) is 5.50. The Labute approximate surface area is 187 Å². The monoisotopic (exact) mass is 468 g/mol. The van der Waals surface area contributed by atoms with E-state index in [1.807, 2.05) is 0 Å². The van der Waals surface area contributed by atoms with Gasteiger partial charge in [-0.3, -0.25) is 9.59 Å². The number of nitrogens with zero attached hydrogens (tertiary/aromatic N) is 1. The number of ether oxygens (including phenoxy) is 2. The lowest BCUT2D eigenvalue weighted by molar-refractivity contribution is -0.137. The second-order valence-corrected chi connectivity index (χ2v) is 8.01. The lowest BCUT2D eigenvalue weighted by Gasteiger charge is -2.31. The van der Waals surface area contributed by atoms with Crippen molar-refractivity contribution in [1.29, 1.82) is 0 Å². The van der Waals surface area contributed by atoms with Crippen molar-refractivity contribution < 1.29 is 32.2 Å². The van der Waals surface area contributed by atoms with Crippen LogP contribution in [0.3, 0.4) is 0 Å². The van der Waals surface area contributed by atoms with Crippen LogP contribution < -0.4 is 14.8 Å². The van der Waals surface area contributed by atoms with Crippen LogP contribution in [0.4, 0.5) is 18.9 Å². The first-order valence-corrected chi connectivity index (χ1v) is 10.5. The third kappa shape index (κ3) is 4.77. The average Bonchev–Trinajstić information content (AvgIpc) is 2.78.